The molecule has 6 nitrogen and oxygen atoms in total. The van der Waals surface area contributed by atoms with Gasteiger partial charge in [-0.15, -0.1) is 0 Å². The predicted molar refractivity (Wildman–Crippen MR) is 160 cm³/mol. The highest BCUT2D eigenvalue weighted by Gasteiger charge is 2.52. The first kappa shape index (κ1) is 28.0. The molecule has 0 N–H and O–H groups in total. The van der Waals surface area contributed by atoms with Gasteiger partial charge in [-0.2, -0.15) is 0 Å². The number of rotatable bonds is 11. The molecule has 4 aliphatic carbocycles. The minimum Gasteiger partial charge on any atom is -0.496 e. The molecule has 0 aromatic heterocycles. The van der Waals surface area contributed by atoms with Crippen molar-refractivity contribution < 1.29 is 28.5 Å². The topological polar surface area (TPSA) is 63.2 Å². The minimum absolute atomic E-state index is 0.145. The molecule has 0 saturated heterocycles. The van der Waals surface area contributed by atoms with Crippen molar-refractivity contribution in [1.82, 2.24) is 0 Å². The first-order chi connectivity index (χ1) is 19.9. The number of esters is 1. The Morgan fingerprint density at radius 3 is 2.17 bits per heavy atom. The molecule has 4 bridgehead atoms. The van der Waals surface area contributed by atoms with Gasteiger partial charge in [0.05, 0.1) is 20.3 Å². The van der Waals surface area contributed by atoms with Gasteiger partial charge in [0.25, 0.3) is 0 Å². The zero-order valence-electron chi connectivity index (χ0n) is 24.8. The van der Waals surface area contributed by atoms with Crippen LogP contribution in [0.3, 0.4) is 0 Å². The summed E-state index contributed by atoms with van der Waals surface area (Å²) in [5.74, 6) is 4.38. The predicted octanol–water partition coefficient (Wildman–Crippen LogP) is 7.47. The van der Waals surface area contributed by atoms with Crippen LogP contribution in [0.4, 0.5) is 0 Å². The van der Waals surface area contributed by atoms with E-state index in [4.69, 9.17) is 23.7 Å². The number of aryl methyl sites for hydroxylation is 1. The zero-order valence-corrected chi connectivity index (χ0v) is 24.8. The molecule has 218 valence electrons. The van der Waals surface area contributed by atoms with Crippen molar-refractivity contribution in [2.45, 2.75) is 64.2 Å². The number of methoxy groups -OCH3 is 2. The van der Waals surface area contributed by atoms with E-state index in [0.717, 1.165) is 63.1 Å². The number of ether oxygens (including phenoxy) is 5. The van der Waals surface area contributed by atoms with Gasteiger partial charge in [-0.05, 0) is 121 Å². The third kappa shape index (κ3) is 5.56. The number of carbonyl (C=O) groups is 1. The molecule has 3 aromatic carbocycles. The Morgan fingerprint density at radius 1 is 0.829 bits per heavy atom. The highest BCUT2D eigenvalue weighted by Crippen LogP contribution is 2.62. The fourth-order valence-electron chi connectivity index (χ4n) is 8.23. The molecule has 0 aliphatic heterocycles. The van der Waals surface area contributed by atoms with Gasteiger partial charge in [0.15, 0.2) is 6.79 Å². The van der Waals surface area contributed by atoms with Crippen molar-refractivity contribution in [2.24, 2.45) is 17.8 Å². The Bertz CT molecular complexity index is 1390. The average molecular weight is 559 g/mol. The lowest BCUT2D eigenvalue weighted by Crippen LogP contribution is -2.48. The monoisotopic (exact) mass is 558 g/mol. The number of hydrogen-bond acceptors (Lipinski definition) is 6. The smallest absolute Gasteiger partial charge is 0.308 e. The molecular formula is C35H42O6. The number of hydrogen-bond donors (Lipinski definition) is 0. The SMILES string of the molecule is CCc1cc(OC(C)=O)c2cc(-c3ccc(OCOCCOC)c(C45CC6CC(CC(C6)C4)C5)c3)cc(OC)c2c1. The van der Waals surface area contributed by atoms with Crippen LogP contribution in [0.5, 0.6) is 17.2 Å². The Labute approximate surface area is 243 Å². The third-order valence-corrected chi connectivity index (χ3v) is 9.59. The Morgan fingerprint density at radius 2 is 1.54 bits per heavy atom. The molecule has 4 aliphatic rings. The van der Waals surface area contributed by atoms with Crippen LogP contribution in [-0.4, -0.2) is 40.2 Å². The van der Waals surface area contributed by atoms with Crippen molar-refractivity contribution in [3.05, 3.63) is 53.6 Å². The number of carbonyl (C=O) groups excluding carboxylic acids is 1. The van der Waals surface area contributed by atoms with E-state index in [9.17, 15) is 4.79 Å². The normalized spacial score (nSPS) is 24.5. The molecule has 0 atom stereocenters. The maximum Gasteiger partial charge on any atom is 0.308 e. The molecule has 0 radical (unpaired) electrons. The van der Waals surface area contributed by atoms with Crippen LogP contribution in [0.2, 0.25) is 0 Å². The van der Waals surface area contributed by atoms with Gasteiger partial charge in [-0.3, -0.25) is 4.79 Å². The van der Waals surface area contributed by atoms with Crippen molar-refractivity contribution >= 4 is 16.7 Å². The van der Waals surface area contributed by atoms with Gasteiger partial charge in [-0.1, -0.05) is 13.0 Å². The van der Waals surface area contributed by atoms with E-state index in [1.165, 1.54) is 51.0 Å². The van der Waals surface area contributed by atoms with E-state index in [1.807, 2.05) is 6.07 Å². The summed E-state index contributed by atoms with van der Waals surface area (Å²) >= 11 is 0. The van der Waals surface area contributed by atoms with E-state index in [-0.39, 0.29) is 18.2 Å². The molecule has 6 heteroatoms. The number of fused-ring (bicyclic) bond motifs is 1. The lowest BCUT2D eigenvalue weighted by molar-refractivity contribution is -0.131. The minimum atomic E-state index is -0.331. The van der Waals surface area contributed by atoms with Gasteiger partial charge in [0, 0.05) is 30.4 Å². The van der Waals surface area contributed by atoms with Crippen LogP contribution in [0.1, 0.15) is 63.5 Å². The summed E-state index contributed by atoms with van der Waals surface area (Å²) in [5.41, 5.74) is 4.69. The molecule has 3 aromatic rings. The van der Waals surface area contributed by atoms with E-state index < -0.39 is 0 Å². The van der Waals surface area contributed by atoms with Crippen LogP contribution in [0.15, 0.2) is 42.5 Å². The molecule has 0 heterocycles. The fraction of sp³-hybridized carbons (Fsp3) is 0.514. The van der Waals surface area contributed by atoms with Crippen molar-refractivity contribution in [3.63, 3.8) is 0 Å². The quantitative estimate of drug-likeness (QED) is 0.105. The first-order valence-corrected chi connectivity index (χ1v) is 15.1. The second-order valence-corrected chi connectivity index (χ2v) is 12.4. The highest BCUT2D eigenvalue weighted by molar-refractivity contribution is 5.98. The average Bonchev–Trinajstić information content (AvgIpc) is 2.95. The summed E-state index contributed by atoms with van der Waals surface area (Å²) in [6, 6.07) is 14.9. The molecule has 0 amide bonds. The van der Waals surface area contributed by atoms with Crippen molar-refractivity contribution in [1.29, 1.82) is 0 Å². The lowest BCUT2D eigenvalue weighted by atomic mass is 9.48. The number of benzene rings is 3. The van der Waals surface area contributed by atoms with Gasteiger partial charge in [-0.25, -0.2) is 0 Å². The van der Waals surface area contributed by atoms with Crippen LogP contribution < -0.4 is 14.2 Å². The maximum atomic E-state index is 12.0. The van der Waals surface area contributed by atoms with Crippen molar-refractivity contribution in [2.75, 3.05) is 34.2 Å². The van der Waals surface area contributed by atoms with Gasteiger partial charge >= 0.3 is 5.97 Å². The molecule has 41 heavy (non-hydrogen) atoms. The Hall–Kier alpha value is -3.09. The van der Waals surface area contributed by atoms with Crippen LogP contribution >= 0.6 is 0 Å². The van der Waals surface area contributed by atoms with Crippen LogP contribution in [0.25, 0.3) is 21.9 Å². The first-order valence-electron chi connectivity index (χ1n) is 15.1. The lowest BCUT2D eigenvalue weighted by Gasteiger charge is -2.57. The third-order valence-electron chi connectivity index (χ3n) is 9.59. The fourth-order valence-corrected chi connectivity index (χ4v) is 8.23. The van der Waals surface area contributed by atoms with Gasteiger partial charge < -0.3 is 23.7 Å². The van der Waals surface area contributed by atoms with Crippen LogP contribution in [-0.2, 0) is 26.1 Å². The van der Waals surface area contributed by atoms with Gasteiger partial charge in [0.2, 0.25) is 0 Å². The maximum absolute atomic E-state index is 12.0. The van der Waals surface area contributed by atoms with Crippen LogP contribution in [0, 0.1) is 17.8 Å². The summed E-state index contributed by atoms with van der Waals surface area (Å²) in [6.07, 6.45) is 8.70. The van der Waals surface area contributed by atoms with E-state index in [0.29, 0.717) is 19.0 Å². The summed E-state index contributed by atoms with van der Waals surface area (Å²) in [7, 11) is 3.37. The molecule has 0 unspecified atom stereocenters. The van der Waals surface area contributed by atoms with E-state index in [2.05, 4.69) is 43.3 Å². The zero-order chi connectivity index (χ0) is 28.6. The molecule has 7 rings (SSSR count). The van der Waals surface area contributed by atoms with Gasteiger partial charge in [0.1, 0.15) is 17.2 Å². The van der Waals surface area contributed by atoms with Crippen molar-refractivity contribution in [3.8, 4) is 28.4 Å². The second kappa shape index (κ2) is 11.7. The molecule has 4 saturated carbocycles. The molecular weight excluding hydrogens is 516 g/mol. The molecule has 0 spiro atoms. The standard InChI is InChI=1S/C35H42O6/c1-5-23-13-29-30(34(14-23)41-22(2)36)15-28(17-33(29)38-4)27-6-7-32(40-21-39-9-8-37-3)31(16-27)35-18-24-10-25(19-35)12-26(11-24)20-35/h6-7,13-17,24-26H,5,8-12,18-21H2,1-4H3. The van der Waals surface area contributed by atoms with E-state index in [1.54, 1.807) is 14.2 Å². The summed E-state index contributed by atoms with van der Waals surface area (Å²) in [4.78, 5) is 12.0. The highest BCUT2D eigenvalue weighted by atomic mass is 16.7. The second-order valence-electron chi connectivity index (χ2n) is 12.4. The Kier molecular flexibility index (Phi) is 7.97. The summed E-state index contributed by atoms with van der Waals surface area (Å²) < 4.78 is 28.7. The van der Waals surface area contributed by atoms with E-state index >= 15 is 0 Å². The summed E-state index contributed by atoms with van der Waals surface area (Å²) in [6.45, 7) is 4.79. The molecule has 4 fully saturated rings. The largest absolute Gasteiger partial charge is 0.496 e. The Balaban J connectivity index is 1.44. The summed E-state index contributed by atoms with van der Waals surface area (Å²) in [5, 5.41) is 1.82.